The second kappa shape index (κ2) is 7.35. The molecule has 1 saturated heterocycles. The van der Waals surface area contributed by atoms with Crippen molar-refractivity contribution in [3.63, 3.8) is 0 Å². The van der Waals surface area contributed by atoms with E-state index in [1.165, 1.54) is 6.33 Å². The normalized spacial score (nSPS) is 18.0. The zero-order valence-corrected chi connectivity index (χ0v) is 13.6. The number of carbonyl (C=O) groups is 2. The Morgan fingerprint density at radius 1 is 1.40 bits per heavy atom. The van der Waals surface area contributed by atoms with Gasteiger partial charge in [0.15, 0.2) is 11.4 Å². The van der Waals surface area contributed by atoms with Crippen LogP contribution in [0.5, 0.6) is 5.75 Å². The van der Waals surface area contributed by atoms with Crippen LogP contribution in [0.15, 0.2) is 30.6 Å². The number of carboxylic acid groups (broad SMARTS) is 1. The minimum Gasteiger partial charge on any atom is -0.508 e. The minimum absolute atomic E-state index is 0.0723. The standard InChI is InChI=1S/C17H20N4O4/c22-13-5-1-3-11(7-13)8-21-6-2-4-12(9-21)20-16(23)14-15(17(24)25)19-10-18-14/h1,3,5,7,10,12,22H,2,4,6,8-9H2,(H,18,19)(H,20,23)(H,24,25)/t12-/m1/s1. The molecule has 25 heavy (non-hydrogen) atoms. The van der Waals surface area contributed by atoms with Crippen molar-refractivity contribution in [2.75, 3.05) is 13.1 Å². The van der Waals surface area contributed by atoms with Crippen LogP contribution < -0.4 is 5.32 Å². The van der Waals surface area contributed by atoms with Gasteiger partial charge < -0.3 is 20.5 Å². The lowest BCUT2D eigenvalue weighted by molar-refractivity contribution is 0.0683. The molecule has 0 spiro atoms. The number of phenols is 1. The molecule has 1 aromatic carbocycles. The molecule has 8 nitrogen and oxygen atoms in total. The summed E-state index contributed by atoms with van der Waals surface area (Å²) in [7, 11) is 0. The number of nitrogens with one attached hydrogen (secondary N) is 2. The lowest BCUT2D eigenvalue weighted by Gasteiger charge is -2.33. The van der Waals surface area contributed by atoms with Crippen molar-refractivity contribution in [3.8, 4) is 5.75 Å². The van der Waals surface area contributed by atoms with E-state index in [2.05, 4.69) is 20.2 Å². The Kier molecular flexibility index (Phi) is 4.99. The maximum Gasteiger partial charge on any atom is 0.354 e. The summed E-state index contributed by atoms with van der Waals surface area (Å²) < 4.78 is 0. The number of aromatic hydroxyl groups is 1. The number of piperidine rings is 1. The van der Waals surface area contributed by atoms with E-state index < -0.39 is 11.9 Å². The number of benzene rings is 1. The summed E-state index contributed by atoms with van der Waals surface area (Å²) in [5.41, 5.74) is 0.704. The van der Waals surface area contributed by atoms with E-state index in [9.17, 15) is 14.7 Å². The third-order valence-corrected chi connectivity index (χ3v) is 4.23. The molecule has 0 unspecified atom stereocenters. The highest BCUT2D eigenvalue weighted by Crippen LogP contribution is 2.17. The molecule has 0 saturated carbocycles. The van der Waals surface area contributed by atoms with Gasteiger partial charge in [-0.3, -0.25) is 9.69 Å². The molecule has 0 radical (unpaired) electrons. The third kappa shape index (κ3) is 4.16. The average Bonchev–Trinajstić information content (AvgIpc) is 3.05. The smallest absolute Gasteiger partial charge is 0.354 e. The van der Waals surface area contributed by atoms with Crippen LogP contribution in [-0.2, 0) is 6.54 Å². The van der Waals surface area contributed by atoms with Crippen molar-refractivity contribution in [3.05, 3.63) is 47.5 Å². The first-order valence-corrected chi connectivity index (χ1v) is 8.10. The number of aromatic carboxylic acids is 1. The number of amides is 1. The van der Waals surface area contributed by atoms with Crippen molar-refractivity contribution in [1.82, 2.24) is 20.2 Å². The van der Waals surface area contributed by atoms with E-state index in [-0.39, 0.29) is 23.2 Å². The quantitative estimate of drug-likeness (QED) is 0.647. The lowest BCUT2D eigenvalue weighted by atomic mass is 10.0. The van der Waals surface area contributed by atoms with Crippen LogP contribution in [-0.4, -0.2) is 56.1 Å². The zero-order chi connectivity index (χ0) is 17.8. The second-order valence-electron chi connectivity index (χ2n) is 6.15. The highest BCUT2D eigenvalue weighted by molar-refractivity contribution is 6.02. The van der Waals surface area contributed by atoms with Crippen LogP contribution >= 0.6 is 0 Å². The summed E-state index contributed by atoms with van der Waals surface area (Å²) in [5, 5.41) is 21.5. The van der Waals surface area contributed by atoms with Crippen LogP contribution in [0.3, 0.4) is 0 Å². The Morgan fingerprint density at radius 2 is 2.24 bits per heavy atom. The Labute approximate surface area is 144 Å². The van der Waals surface area contributed by atoms with Crippen molar-refractivity contribution in [2.24, 2.45) is 0 Å². The Morgan fingerprint density at radius 3 is 3.00 bits per heavy atom. The SMILES string of the molecule is O=C(N[C@@H]1CCCN(Cc2cccc(O)c2)C1)c1nc[nH]c1C(=O)O. The number of carbonyl (C=O) groups excluding carboxylic acids is 1. The van der Waals surface area contributed by atoms with Gasteiger partial charge in [0.1, 0.15) is 5.75 Å². The number of imidazole rings is 1. The van der Waals surface area contributed by atoms with Crippen LogP contribution in [0.25, 0.3) is 0 Å². The number of aromatic nitrogens is 2. The molecule has 132 valence electrons. The van der Waals surface area contributed by atoms with Crippen molar-refractivity contribution in [1.29, 1.82) is 0 Å². The first-order chi connectivity index (χ1) is 12.0. The summed E-state index contributed by atoms with van der Waals surface area (Å²) in [5.74, 6) is -1.46. The number of hydrogen-bond donors (Lipinski definition) is 4. The Bertz CT molecular complexity index is 774. The summed E-state index contributed by atoms with van der Waals surface area (Å²) in [6.45, 7) is 2.25. The minimum atomic E-state index is -1.21. The van der Waals surface area contributed by atoms with Crippen LogP contribution in [0.2, 0.25) is 0 Å². The van der Waals surface area contributed by atoms with Gasteiger partial charge in [-0.2, -0.15) is 0 Å². The predicted molar refractivity (Wildman–Crippen MR) is 89.4 cm³/mol. The molecule has 1 atom stereocenters. The lowest BCUT2D eigenvalue weighted by Crippen LogP contribution is -2.47. The van der Waals surface area contributed by atoms with Gasteiger partial charge >= 0.3 is 5.97 Å². The van der Waals surface area contributed by atoms with E-state index in [0.29, 0.717) is 13.1 Å². The van der Waals surface area contributed by atoms with E-state index in [1.54, 1.807) is 18.2 Å². The molecule has 8 heteroatoms. The van der Waals surface area contributed by atoms with E-state index >= 15 is 0 Å². The number of hydrogen-bond acceptors (Lipinski definition) is 5. The van der Waals surface area contributed by atoms with Gasteiger partial charge in [0, 0.05) is 19.1 Å². The van der Waals surface area contributed by atoms with Gasteiger partial charge in [0.2, 0.25) is 0 Å². The predicted octanol–water partition coefficient (Wildman–Crippen LogP) is 1.21. The van der Waals surface area contributed by atoms with Gasteiger partial charge in [-0.1, -0.05) is 12.1 Å². The maximum atomic E-state index is 12.3. The molecule has 1 aliphatic rings. The molecule has 2 aromatic rings. The number of rotatable bonds is 5. The Balaban J connectivity index is 1.60. The van der Waals surface area contributed by atoms with Crippen LogP contribution in [0.4, 0.5) is 0 Å². The van der Waals surface area contributed by atoms with Gasteiger partial charge in [0.05, 0.1) is 6.33 Å². The number of likely N-dealkylation sites (tertiary alicyclic amines) is 1. The summed E-state index contributed by atoms with van der Waals surface area (Å²) in [6, 6.07) is 7.04. The topological polar surface area (TPSA) is 119 Å². The first-order valence-electron chi connectivity index (χ1n) is 8.10. The molecular formula is C17H20N4O4. The zero-order valence-electron chi connectivity index (χ0n) is 13.6. The molecule has 1 fully saturated rings. The molecule has 1 aromatic heterocycles. The van der Waals surface area contributed by atoms with Gasteiger partial charge in [-0.25, -0.2) is 9.78 Å². The molecule has 2 heterocycles. The fourth-order valence-electron chi connectivity index (χ4n) is 3.11. The fourth-order valence-corrected chi connectivity index (χ4v) is 3.11. The molecule has 0 aliphatic carbocycles. The number of nitrogens with zero attached hydrogens (tertiary/aromatic N) is 2. The molecule has 4 N–H and O–H groups in total. The monoisotopic (exact) mass is 344 g/mol. The van der Waals surface area contributed by atoms with E-state index in [0.717, 1.165) is 24.9 Å². The second-order valence-corrected chi connectivity index (χ2v) is 6.15. The van der Waals surface area contributed by atoms with Gasteiger partial charge in [-0.15, -0.1) is 0 Å². The summed E-state index contributed by atoms with van der Waals surface area (Å²) in [4.78, 5) is 31.9. The number of carboxylic acids is 1. The average molecular weight is 344 g/mol. The van der Waals surface area contributed by atoms with E-state index in [4.69, 9.17) is 5.11 Å². The summed E-state index contributed by atoms with van der Waals surface area (Å²) in [6.07, 6.45) is 2.96. The van der Waals surface area contributed by atoms with E-state index in [1.807, 2.05) is 6.07 Å². The molecule has 3 rings (SSSR count). The van der Waals surface area contributed by atoms with Gasteiger partial charge in [0.25, 0.3) is 5.91 Å². The fraction of sp³-hybridized carbons (Fsp3) is 0.353. The largest absolute Gasteiger partial charge is 0.508 e. The first kappa shape index (κ1) is 17.0. The maximum absolute atomic E-state index is 12.3. The highest BCUT2D eigenvalue weighted by Gasteiger charge is 2.25. The molecular weight excluding hydrogens is 324 g/mol. The number of H-pyrrole nitrogens is 1. The van der Waals surface area contributed by atoms with Crippen molar-refractivity contribution in [2.45, 2.75) is 25.4 Å². The molecule has 1 amide bonds. The number of phenolic OH excluding ortho intramolecular Hbond substituents is 1. The van der Waals surface area contributed by atoms with Crippen LogP contribution in [0, 0.1) is 0 Å². The van der Waals surface area contributed by atoms with Gasteiger partial charge in [-0.05, 0) is 37.1 Å². The molecule has 1 aliphatic heterocycles. The van der Waals surface area contributed by atoms with Crippen LogP contribution in [0.1, 0.15) is 39.4 Å². The van der Waals surface area contributed by atoms with Crippen molar-refractivity contribution < 1.29 is 19.8 Å². The molecule has 0 bridgehead atoms. The summed E-state index contributed by atoms with van der Waals surface area (Å²) >= 11 is 0. The Hall–Kier alpha value is -2.87. The number of aromatic amines is 1. The third-order valence-electron chi connectivity index (χ3n) is 4.23. The highest BCUT2D eigenvalue weighted by atomic mass is 16.4. The van der Waals surface area contributed by atoms with Crippen molar-refractivity contribution >= 4 is 11.9 Å².